The molecule has 2 N–H and O–H groups in total. The standard InChI is InChI=1S/C12H20N6O/c1-4-13-12-15-10-9(8-14-17-10)11(16-12)18(2)6-5-7-19-3/h8H,4-7H2,1-3H3,(H2,13,14,15,16,17). The molecule has 7 nitrogen and oxygen atoms in total. The number of aromatic amines is 1. The smallest absolute Gasteiger partial charge is 0.226 e. The normalized spacial score (nSPS) is 10.9. The summed E-state index contributed by atoms with van der Waals surface area (Å²) < 4.78 is 5.07. The Bertz CT molecular complexity index is 526. The van der Waals surface area contributed by atoms with E-state index in [4.69, 9.17) is 4.74 Å². The van der Waals surface area contributed by atoms with Crippen molar-refractivity contribution in [3.63, 3.8) is 0 Å². The molecule has 104 valence electrons. The quantitative estimate of drug-likeness (QED) is 0.733. The zero-order chi connectivity index (χ0) is 13.7. The van der Waals surface area contributed by atoms with E-state index in [0.717, 1.165) is 43.0 Å². The van der Waals surface area contributed by atoms with E-state index >= 15 is 0 Å². The predicted molar refractivity (Wildman–Crippen MR) is 75.6 cm³/mol. The first-order valence-corrected chi connectivity index (χ1v) is 6.41. The summed E-state index contributed by atoms with van der Waals surface area (Å²) in [6.07, 6.45) is 2.71. The van der Waals surface area contributed by atoms with Gasteiger partial charge >= 0.3 is 0 Å². The van der Waals surface area contributed by atoms with Crippen molar-refractivity contribution in [2.45, 2.75) is 13.3 Å². The lowest BCUT2D eigenvalue weighted by Gasteiger charge is -2.19. The van der Waals surface area contributed by atoms with Crippen molar-refractivity contribution in [3.05, 3.63) is 6.20 Å². The van der Waals surface area contributed by atoms with Crippen LogP contribution in [0.5, 0.6) is 0 Å². The van der Waals surface area contributed by atoms with E-state index in [1.807, 2.05) is 14.0 Å². The molecule has 2 aromatic heterocycles. The molecule has 0 bridgehead atoms. The number of fused-ring (bicyclic) bond motifs is 1. The van der Waals surface area contributed by atoms with E-state index in [0.29, 0.717) is 5.95 Å². The second-order valence-corrected chi connectivity index (χ2v) is 4.30. The van der Waals surface area contributed by atoms with E-state index in [1.165, 1.54) is 0 Å². The predicted octanol–water partition coefficient (Wildman–Crippen LogP) is 1.26. The third-order valence-electron chi connectivity index (χ3n) is 2.83. The van der Waals surface area contributed by atoms with Crippen molar-refractivity contribution in [3.8, 4) is 0 Å². The van der Waals surface area contributed by atoms with Gasteiger partial charge < -0.3 is 15.0 Å². The van der Waals surface area contributed by atoms with Crippen LogP contribution in [-0.2, 0) is 4.74 Å². The number of nitrogens with one attached hydrogen (secondary N) is 2. The van der Waals surface area contributed by atoms with Gasteiger partial charge in [0.25, 0.3) is 0 Å². The summed E-state index contributed by atoms with van der Waals surface area (Å²) in [5.74, 6) is 1.50. The molecule has 0 radical (unpaired) electrons. The van der Waals surface area contributed by atoms with Crippen molar-refractivity contribution in [2.24, 2.45) is 0 Å². The summed E-state index contributed by atoms with van der Waals surface area (Å²) in [6, 6.07) is 0. The van der Waals surface area contributed by atoms with Crippen LogP contribution in [0.3, 0.4) is 0 Å². The van der Waals surface area contributed by atoms with Gasteiger partial charge in [0.2, 0.25) is 5.95 Å². The lowest BCUT2D eigenvalue weighted by molar-refractivity contribution is 0.196. The first-order valence-electron chi connectivity index (χ1n) is 6.41. The Kier molecular flexibility index (Phi) is 4.51. The van der Waals surface area contributed by atoms with Gasteiger partial charge in [-0.2, -0.15) is 15.1 Å². The Balaban J connectivity index is 2.26. The third kappa shape index (κ3) is 3.11. The second-order valence-electron chi connectivity index (χ2n) is 4.30. The molecular formula is C12H20N6O. The van der Waals surface area contributed by atoms with Crippen LogP contribution < -0.4 is 10.2 Å². The Morgan fingerprint density at radius 1 is 1.42 bits per heavy atom. The molecule has 0 unspecified atom stereocenters. The Morgan fingerprint density at radius 3 is 3.00 bits per heavy atom. The van der Waals surface area contributed by atoms with Crippen LogP contribution in [0.25, 0.3) is 11.0 Å². The topological polar surface area (TPSA) is 79.0 Å². The van der Waals surface area contributed by atoms with Crippen LogP contribution in [0, 0.1) is 0 Å². The van der Waals surface area contributed by atoms with Crippen LogP contribution >= 0.6 is 0 Å². The van der Waals surface area contributed by atoms with Gasteiger partial charge in [-0.25, -0.2) is 0 Å². The summed E-state index contributed by atoms with van der Waals surface area (Å²) in [5.41, 5.74) is 0.750. The van der Waals surface area contributed by atoms with Crippen LogP contribution in [0.2, 0.25) is 0 Å². The van der Waals surface area contributed by atoms with E-state index < -0.39 is 0 Å². The number of ether oxygens (including phenoxy) is 1. The summed E-state index contributed by atoms with van der Waals surface area (Å²) >= 11 is 0. The molecule has 0 amide bonds. The van der Waals surface area contributed by atoms with Crippen molar-refractivity contribution >= 4 is 22.8 Å². The Labute approximate surface area is 112 Å². The fourth-order valence-corrected chi connectivity index (χ4v) is 1.90. The SMILES string of the molecule is CCNc1nc(N(C)CCCOC)c2cn[nH]c2n1. The molecule has 0 aliphatic carbocycles. The van der Waals surface area contributed by atoms with Crippen molar-refractivity contribution in [2.75, 3.05) is 44.1 Å². The third-order valence-corrected chi connectivity index (χ3v) is 2.83. The molecule has 0 aliphatic heterocycles. The van der Waals surface area contributed by atoms with Crippen LogP contribution in [0.4, 0.5) is 11.8 Å². The fourth-order valence-electron chi connectivity index (χ4n) is 1.90. The summed E-state index contributed by atoms with van der Waals surface area (Å²) in [6.45, 7) is 4.41. The first-order chi connectivity index (χ1) is 9.26. The number of H-pyrrole nitrogens is 1. The van der Waals surface area contributed by atoms with Crippen LogP contribution in [0.15, 0.2) is 6.20 Å². The van der Waals surface area contributed by atoms with Gasteiger partial charge in [0.05, 0.1) is 11.6 Å². The Morgan fingerprint density at radius 2 is 2.26 bits per heavy atom. The molecule has 0 fully saturated rings. The second kappa shape index (κ2) is 6.33. The molecule has 19 heavy (non-hydrogen) atoms. The average molecular weight is 264 g/mol. The molecule has 2 heterocycles. The maximum absolute atomic E-state index is 5.07. The van der Waals surface area contributed by atoms with Gasteiger partial charge in [-0.05, 0) is 13.3 Å². The lowest BCUT2D eigenvalue weighted by atomic mass is 10.3. The molecule has 7 heteroatoms. The zero-order valence-electron chi connectivity index (χ0n) is 11.6. The molecule has 0 atom stereocenters. The highest BCUT2D eigenvalue weighted by molar-refractivity contribution is 5.87. The highest BCUT2D eigenvalue weighted by Gasteiger charge is 2.12. The summed E-state index contributed by atoms with van der Waals surface area (Å²) in [4.78, 5) is 11.0. The molecular weight excluding hydrogens is 244 g/mol. The molecule has 2 aromatic rings. The van der Waals surface area contributed by atoms with Crippen LogP contribution in [0.1, 0.15) is 13.3 Å². The first kappa shape index (κ1) is 13.5. The van der Waals surface area contributed by atoms with Crippen molar-refractivity contribution in [1.82, 2.24) is 20.2 Å². The summed E-state index contributed by atoms with van der Waals surface area (Å²) in [7, 11) is 3.72. The highest BCUT2D eigenvalue weighted by atomic mass is 16.5. The largest absolute Gasteiger partial charge is 0.385 e. The fraction of sp³-hybridized carbons (Fsp3) is 0.583. The Hall–Kier alpha value is -1.89. The van der Waals surface area contributed by atoms with E-state index in [-0.39, 0.29) is 0 Å². The van der Waals surface area contributed by atoms with Gasteiger partial charge in [0, 0.05) is 33.9 Å². The number of anilines is 2. The minimum Gasteiger partial charge on any atom is -0.385 e. The number of rotatable bonds is 7. The van der Waals surface area contributed by atoms with Crippen LogP contribution in [-0.4, -0.2) is 54.0 Å². The molecule has 0 aromatic carbocycles. The lowest BCUT2D eigenvalue weighted by Crippen LogP contribution is -2.21. The minimum atomic E-state index is 0.618. The molecule has 0 saturated carbocycles. The van der Waals surface area contributed by atoms with E-state index in [9.17, 15) is 0 Å². The zero-order valence-corrected chi connectivity index (χ0v) is 11.6. The number of hydrogen-bond donors (Lipinski definition) is 2. The molecule has 2 rings (SSSR count). The van der Waals surface area contributed by atoms with Crippen molar-refractivity contribution in [1.29, 1.82) is 0 Å². The number of hydrogen-bond acceptors (Lipinski definition) is 6. The average Bonchev–Trinajstić information content (AvgIpc) is 2.86. The van der Waals surface area contributed by atoms with Gasteiger partial charge in [-0.1, -0.05) is 0 Å². The molecule has 0 saturated heterocycles. The monoisotopic (exact) mass is 264 g/mol. The van der Waals surface area contributed by atoms with Gasteiger partial charge in [0.15, 0.2) is 5.65 Å². The van der Waals surface area contributed by atoms with Gasteiger partial charge in [-0.3, -0.25) is 5.10 Å². The van der Waals surface area contributed by atoms with Gasteiger partial charge in [0.1, 0.15) is 5.82 Å². The highest BCUT2D eigenvalue weighted by Crippen LogP contribution is 2.22. The van der Waals surface area contributed by atoms with E-state index in [1.54, 1.807) is 13.3 Å². The van der Waals surface area contributed by atoms with E-state index in [2.05, 4.69) is 30.4 Å². The van der Waals surface area contributed by atoms with Crippen molar-refractivity contribution < 1.29 is 4.74 Å². The maximum Gasteiger partial charge on any atom is 0.226 e. The maximum atomic E-state index is 5.07. The molecule has 0 aliphatic rings. The van der Waals surface area contributed by atoms with Gasteiger partial charge in [-0.15, -0.1) is 0 Å². The summed E-state index contributed by atoms with van der Waals surface area (Å²) in [5, 5.41) is 11.0. The molecule has 0 spiro atoms. The number of aromatic nitrogens is 4. The number of methoxy groups -OCH3 is 1. The number of nitrogens with zero attached hydrogens (tertiary/aromatic N) is 4. The minimum absolute atomic E-state index is 0.618.